The first kappa shape index (κ1) is 11.3. The standard InChI is InChI=1S/C8H8O3.Ga/c9-7(8(10)11)6-4-2-1-3-5-6;/h1-5,7,9H,(H,10,11);/q;+3. The van der Waals surface area contributed by atoms with Crippen LogP contribution < -0.4 is 0 Å². The number of carboxylic acids is 1. The number of rotatable bonds is 2. The minimum absolute atomic E-state index is 0. The van der Waals surface area contributed by atoms with E-state index in [1.165, 1.54) is 0 Å². The third kappa shape index (κ3) is 2.73. The van der Waals surface area contributed by atoms with Gasteiger partial charge >= 0.3 is 25.8 Å². The number of hydrogen-bond donors (Lipinski definition) is 2. The molecule has 0 saturated carbocycles. The summed E-state index contributed by atoms with van der Waals surface area (Å²) in [5.41, 5.74) is 0.403. The molecule has 1 aromatic carbocycles. The smallest absolute Gasteiger partial charge is 0.479 e. The van der Waals surface area contributed by atoms with Gasteiger partial charge in [0.15, 0.2) is 6.10 Å². The molecule has 1 aromatic rings. The van der Waals surface area contributed by atoms with Crippen molar-refractivity contribution in [3.05, 3.63) is 35.9 Å². The zero-order chi connectivity index (χ0) is 8.27. The topological polar surface area (TPSA) is 57.5 Å². The van der Waals surface area contributed by atoms with Crippen molar-refractivity contribution < 1.29 is 15.0 Å². The Morgan fingerprint density at radius 3 is 2.17 bits per heavy atom. The normalized spacial score (nSPS) is 11.4. The first-order valence-corrected chi connectivity index (χ1v) is 3.17. The average molecular weight is 222 g/mol. The van der Waals surface area contributed by atoms with Gasteiger partial charge in [0.25, 0.3) is 0 Å². The fraction of sp³-hybridized carbons (Fsp3) is 0.125. The van der Waals surface area contributed by atoms with Gasteiger partial charge in [0.05, 0.1) is 0 Å². The van der Waals surface area contributed by atoms with Crippen LogP contribution in [-0.2, 0) is 4.79 Å². The maximum absolute atomic E-state index is 10.2. The fourth-order valence-corrected chi connectivity index (χ4v) is 0.778. The minimum atomic E-state index is -1.41. The molecule has 1 unspecified atom stereocenters. The average Bonchev–Trinajstić information content (AvgIpc) is 2.05. The summed E-state index contributed by atoms with van der Waals surface area (Å²) in [4.78, 5) is 10.2. The number of aliphatic carboxylic acids is 1. The van der Waals surface area contributed by atoms with Crippen molar-refractivity contribution in [1.29, 1.82) is 0 Å². The van der Waals surface area contributed by atoms with Gasteiger partial charge in [0.1, 0.15) is 0 Å². The van der Waals surface area contributed by atoms with Crippen LogP contribution in [-0.4, -0.2) is 36.0 Å². The molecule has 0 saturated heterocycles. The Hall–Kier alpha value is -0.714. The van der Waals surface area contributed by atoms with Gasteiger partial charge in [-0.15, -0.1) is 0 Å². The number of aliphatic hydroxyl groups excluding tert-OH is 1. The Bertz CT molecular complexity index is 248. The van der Waals surface area contributed by atoms with Gasteiger partial charge in [-0.25, -0.2) is 4.79 Å². The van der Waals surface area contributed by atoms with Gasteiger partial charge in [-0.05, 0) is 5.56 Å². The second kappa shape index (κ2) is 5.03. The molecule has 0 bridgehead atoms. The summed E-state index contributed by atoms with van der Waals surface area (Å²) in [5, 5.41) is 17.4. The van der Waals surface area contributed by atoms with Crippen LogP contribution in [0.2, 0.25) is 0 Å². The monoisotopic (exact) mass is 221 g/mol. The largest absolute Gasteiger partial charge is 3.00 e. The van der Waals surface area contributed by atoms with Crippen molar-refractivity contribution in [3.8, 4) is 0 Å². The Balaban J connectivity index is 0.00000121. The maximum Gasteiger partial charge on any atom is 3.00 e. The summed E-state index contributed by atoms with van der Waals surface area (Å²) in [7, 11) is 0. The predicted molar refractivity (Wildman–Crippen MR) is 44.8 cm³/mol. The van der Waals surface area contributed by atoms with E-state index in [4.69, 9.17) is 10.2 Å². The fourth-order valence-electron chi connectivity index (χ4n) is 0.778. The van der Waals surface area contributed by atoms with E-state index < -0.39 is 12.1 Å². The summed E-state index contributed by atoms with van der Waals surface area (Å²) < 4.78 is 0. The van der Waals surface area contributed by atoms with Gasteiger partial charge in [0.2, 0.25) is 0 Å². The van der Waals surface area contributed by atoms with Crippen LogP contribution >= 0.6 is 0 Å². The zero-order valence-corrected chi connectivity index (χ0v) is 8.77. The van der Waals surface area contributed by atoms with Gasteiger partial charge < -0.3 is 10.2 Å². The van der Waals surface area contributed by atoms with Crippen molar-refractivity contribution in [2.75, 3.05) is 0 Å². The number of benzene rings is 1. The van der Waals surface area contributed by atoms with E-state index in [1.807, 2.05) is 0 Å². The van der Waals surface area contributed by atoms with Crippen LogP contribution in [0.5, 0.6) is 0 Å². The van der Waals surface area contributed by atoms with E-state index in [1.54, 1.807) is 30.3 Å². The number of hydrogen-bond acceptors (Lipinski definition) is 2. The molecule has 0 aliphatic heterocycles. The molecule has 0 aliphatic rings. The molecule has 3 nitrogen and oxygen atoms in total. The van der Waals surface area contributed by atoms with Gasteiger partial charge in [-0.2, -0.15) is 0 Å². The molecule has 0 aromatic heterocycles. The van der Waals surface area contributed by atoms with Crippen LogP contribution in [0.25, 0.3) is 0 Å². The Morgan fingerprint density at radius 1 is 1.25 bits per heavy atom. The second-order valence-electron chi connectivity index (χ2n) is 2.15. The molecule has 0 aliphatic carbocycles. The van der Waals surface area contributed by atoms with Crippen molar-refractivity contribution in [2.24, 2.45) is 0 Å². The molecule has 4 heteroatoms. The molecule has 0 amide bonds. The van der Waals surface area contributed by atoms with E-state index in [0.717, 1.165) is 0 Å². The molecule has 0 fully saturated rings. The molecule has 0 spiro atoms. The summed E-state index contributed by atoms with van der Waals surface area (Å²) in [5.74, 6) is -1.23. The Morgan fingerprint density at radius 2 is 1.75 bits per heavy atom. The molecule has 1 atom stereocenters. The van der Waals surface area contributed by atoms with Crippen molar-refractivity contribution in [1.82, 2.24) is 0 Å². The molecule has 0 heterocycles. The minimum Gasteiger partial charge on any atom is -0.479 e. The number of aliphatic hydroxyl groups is 1. The number of carbonyl (C=O) groups is 1. The second-order valence-corrected chi connectivity index (χ2v) is 2.15. The van der Waals surface area contributed by atoms with Crippen molar-refractivity contribution in [2.45, 2.75) is 6.10 Å². The molecule has 0 radical (unpaired) electrons. The van der Waals surface area contributed by atoms with Crippen LogP contribution in [0.3, 0.4) is 0 Å². The third-order valence-corrected chi connectivity index (χ3v) is 1.35. The molecule has 2 N–H and O–H groups in total. The van der Waals surface area contributed by atoms with Crippen LogP contribution in [0, 0.1) is 0 Å². The van der Waals surface area contributed by atoms with Crippen molar-refractivity contribution >= 4 is 25.8 Å². The predicted octanol–water partition coefficient (Wildman–Crippen LogP) is 0.424. The molecule has 12 heavy (non-hydrogen) atoms. The van der Waals surface area contributed by atoms with Gasteiger partial charge in [-0.3, -0.25) is 0 Å². The first-order valence-electron chi connectivity index (χ1n) is 3.17. The maximum atomic E-state index is 10.2. The van der Waals surface area contributed by atoms with E-state index in [2.05, 4.69) is 0 Å². The Kier molecular flexibility index (Phi) is 4.73. The van der Waals surface area contributed by atoms with Crippen LogP contribution in [0.1, 0.15) is 11.7 Å². The molecule has 58 valence electrons. The molecule has 1 rings (SSSR count). The molecular weight excluding hydrogens is 214 g/mol. The summed E-state index contributed by atoms with van der Waals surface area (Å²) >= 11 is 0. The van der Waals surface area contributed by atoms with E-state index in [-0.39, 0.29) is 19.8 Å². The first-order chi connectivity index (χ1) is 5.22. The van der Waals surface area contributed by atoms with Crippen molar-refractivity contribution in [3.63, 3.8) is 0 Å². The third-order valence-electron chi connectivity index (χ3n) is 1.35. The van der Waals surface area contributed by atoms with Gasteiger partial charge in [-0.1, -0.05) is 30.3 Å². The Labute approximate surface area is 83.1 Å². The molecular formula is C8H8GaO3+3. The summed E-state index contributed by atoms with van der Waals surface area (Å²) in [6, 6.07) is 8.26. The number of carboxylic acid groups (broad SMARTS) is 1. The van der Waals surface area contributed by atoms with Crippen LogP contribution in [0.4, 0.5) is 0 Å². The van der Waals surface area contributed by atoms with Crippen LogP contribution in [0.15, 0.2) is 30.3 Å². The van der Waals surface area contributed by atoms with Gasteiger partial charge in [0, 0.05) is 0 Å². The summed E-state index contributed by atoms with van der Waals surface area (Å²) in [6.45, 7) is 0. The van der Waals surface area contributed by atoms with E-state index >= 15 is 0 Å². The SMILES string of the molecule is O=C(O)C(O)c1ccccc1.[Ga+3]. The summed E-state index contributed by atoms with van der Waals surface area (Å²) in [6.07, 6.45) is -1.41. The zero-order valence-electron chi connectivity index (χ0n) is 6.34. The van der Waals surface area contributed by atoms with E-state index in [0.29, 0.717) is 5.56 Å². The van der Waals surface area contributed by atoms with E-state index in [9.17, 15) is 4.79 Å². The quantitative estimate of drug-likeness (QED) is 0.713.